The summed E-state index contributed by atoms with van der Waals surface area (Å²) in [6, 6.07) is 8.02. The largest absolute Gasteiger partial charge is 0.409 e. The van der Waals surface area contributed by atoms with Crippen molar-refractivity contribution in [3.05, 3.63) is 34.7 Å². The van der Waals surface area contributed by atoms with Crippen molar-refractivity contribution in [1.29, 1.82) is 0 Å². The smallest absolute Gasteiger partial charge is 0.288 e. The van der Waals surface area contributed by atoms with Crippen molar-refractivity contribution in [3.63, 3.8) is 0 Å². The fourth-order valence-electron chi connectivity index (χ4n) is 2.46. The van der Waals surface area contributed by atoms with E-state index in [1.54, 1.807) is 4.68 Å². The monoisotopic (exact) mass is 305 g/mol. The van der Waals surface area contributed by atoms with E-state index in [1.807, 2.05) is 31.2 Å². The first-order valence-corrected chi connectivity index (χ1v) is 7.58. The van der Waals surface area contributed by atoms with Crippen molar-refractivity contribution in [1.82, 2.24) is 14.7 Å². The van der Waals surface area contributed by atoms with E-state index in [1.165, 1.54) is 5.56 Å². The van der Waals surface area contributed by atoms with Crippen LogP contribution < -0.4 is 0 Å². The second-order valence-corrected chi connectivity index (χ2v) is 5.88. The summed E-state index contributed by atoms with van der Waals surface area (Å²) >= 11 is 5.25. The Hall–Kier alpha value is -1.50. The molecular formula is C15H19N3O2S. The maximum Gasteiger partial charge on any atom is 0.288 e. The van der Waals surface area contributed by atoms with Gasteiger partial charge in [0.2, 0.25) is 5.89 Å². The predicted molar refractivity (Wildman–Crippen MR) is 82.3 cm³/mol. The number of aromatic nitrogens is 2. The molecule has 0 spiro atoms. The molecule has 6 heteroatoms. The number of hydrogen-bond acceptors (Lipinski definition) is 5. The topological polar surface area (TPSA) is 54.4 Å². The molecule has 2 aromatic rings. The minimum atomic E-state index is -0.172. The van der Waals surface area contributed by atoms with E-state index < -0.39 is 0 Å². The van der Waals surface area contributed by atoms with Gasteiger partial charge >= 0.3 is 0 Å². The average molecular weight is 305 g/mol. The van der Waals surface area contributed by atoms with Crippen LogP contribution in [0.5, 0.6) is 0 Å². The van der Waals surface area contributed by atoms with E-state index >= 15 is 0 Å². The molecule has 21 heavy (non-hydrogen) atoms. The summed E-state index contributed by atoms with van der Waals surface area (Å²) in [6.45, 7) is 4.37. The molecule has 0 bridgehead atoms. The van der Waals surface area contributed by atoms with Gasteiger partial charge < -0.3 is 9.52 Å². The van der Waals surface area contributed by atoms with Crippen molar-refractivity contribution in [2.75, 3.05) is 13.1 Å². The number of likely N-dealkylation sites (tertiary alicyclic amines) is 1. The van der Waals surface area contributed by atoms with E-state index in [-0.39, 0.29) is 6.10 Å². The Morgan fingerprint density at radius 3 is 2.62 bits per heavy atom. The molecular weight excluding hydrogens is 286 g/mol. The third-order valence-corrected chi connectivity index (χ3v) is 4.09. The number of rotatable bonds is 3. The van der Waals surface area contributed by atoms with Gasteiger partial charge in [-0.2, -0.15) is 0 Å². The van der Waals surface area contributed by atoms with Crippen molar-refractivity contribution in [3.8, 4) is 11.5 Å². The highest BCUT2D eigenvalue weighted by Crippen LogP contribution is 2.19. The van der Waals surface area contributed by atoms with Crippen LogP contribution >= 0.6 is 12.2 Å². The number of hydrogen-bond donors (Lipinski definition) is 1. The van der Waals surface area contributed by atoms with Crippen LogP contribution in [0.15, 0.2) is 28.7 Å². The van der Waals surface area contributed by atoms with Gasteiger partial charge in [-0.1, -0.05) is 17.7 Å². The molecule has 1 saturated heterocycles. The van der Waals surface area contributed by atoms with Crippen LogP contribution in [0, 0.1) is 11.8 Å². The molecule has 1 aliphatic heterocycles. The number of piperidine rings is 1. The van der Waals surface area contributed by atoms with Gasteiger partial charge in [-0.15, -0.1) is 5.10 Å². The Balaban J connectivity index is 1.75. The van der Waals surface area contributed by atoms with Crippen LogP contribution in [0.2, 0.25) is 0 Å². The highest BCUT2D eigenvalue weighted by molar-refractivity contribution is 7.71. The Kier molecular flexibility index (Phi) is 4.19. The maximum absolute atomic E-state index is 9.53. The Morgan fingerprint density at radius 1 is 1.29 bits per heavy atom. The van der Waals surface area contributed by atoms with Crippen LogP contribution in [-0.2, 0) is 6.67 Å². The van der Waals surface area contributed by atoms with Crippen molar-refractivity contribution in [2.24, 2.45) is 0 Å². The van der Waals surface area contributed by atoms with Gasteiger partial charge in [-0.3, -0.25) is 4.90 Å². The molecule has 1 aliphatic rings. The molecule has 5 nitrogen and oxygen atoms in total. The molecule has 1 aromatic heterocycles. The number of aliphatic hydroxyl groups is 1. The van der Waals surface area contributed by atoms with Gasteiger partial charge in [0.25, 0.3) is 4.84 Å². The molecule has 0 radical (unpaired) electrons. The van der Waals surface area contributed by atoms with E-state index in [0.717, 1.165) is 31.5 Å². The Labute approximate surface area is 128 Å². The number of benzene rings is 1. The Bertz CT molecular complexity index is 654. The van der Waals surface area contributed by atoms with Gasteiger partial charge in [0, 0.05) is 18.7 Å². The summed E-state index contributed by atoms with van der Waals surface area (Å²) < 4.78 is 7.30. The molecule has 0 atom stereocenters. The van der Waals surface area contributed by atoms with Gasteiger partial charge in [0.1, 0.15) is 0 Å². The first kappa shape index (κ1) is 14.4. The van der Waals surface area contributed by atoms with Gasteiger partial charge in [0.15, 0.2) is 0 Å². The molecule has 1 aromatic carbocycles. The summed E-state index contributed by atoms with van der Waals surface area (Å²) in [7, 11) is 0. The lowest BCUT2D eigenvalue weighted by atomic mass is 10.1. The number of aryl methyl sites for hydroxylation is 1. The van der Waals surface area contributed by atoms with Gasteiger partial charge in [-0.25, -0.2) is 4.68 Å². The van der Waals surface area contributed by atoms with Gasteiger partial charge in [-0.05, 0) is 44.1 Å². The molecule has 0 amide bonds. The average Bonchev–Trinajstić information content (AvgIpc) is 2.83. The van der Waals surface area contributed by atoms with Crippen molar-refractivity contribution in [2.45, 2.75) is 32.5 Å². The summed E-state index contributed by atoms with van der Waals surface area (Å²) in [5, 5.41) is 14.0. The first-order chi connectivity index (χ1) is 10.1. The first-order valence-electron chi connectivity index (χ1n) is 7.17. The summed E-state index contributed by atoms with van der Waals surface area (Å²) in [4.78, 5) is 2.61. The van der Waals surface area contributed by atoms with Crippen LogP contribution in [0.25, 0.3) is 11.5 Å². The second-order valence-electron chi connectivity index (χ2n) is 5.53. The molecule has 0 unspecified atom stereocenters. The van der Waals surface area contributed by atoms with Crippen molar-refractivity contribution < 1.29 is 9.52 Å². The highest BCUT2D eigenvalue weighted by atomic mass is 32.1. The van der Waals surface area contributed by atoms with Crippen LogP contribution in [0.1, 0.15) is 18.4 Å². The van der Waals surface area contributed by atoms with E-state index in [0.29, 0.717) is 17.4 Å². The summed E-state index contributed by atoms with van der Waals surface area (Å²) in [5.41, 5.74) is 2.13. The molecule has 3 rings (SSSR count). The van der Waals surface area contributed by atoms with Crippen molar-refractivity contribution >= 4 is 12.2 Å². The zero-order valence-corrected chi connectivity index (χ0v) is 12.8. The van der Waals surface area contributed by atoms with Crippen LogP contribution in [0.4, 0.5) is 0 Å². The number of nitrogens with zero attached hydrogens (tertiary/aromatic N) is 3. The second kappa shape index (κ2) is 6.09. The fraction of sp³-hybridized carbons (Fsp3) is 0.467. The van der Waals surface area contributed by atoms with Crippen LogP contribution in [-0.4, -0.2) is 39.0 Å². The summed E-state index contributed by atoms with van der Waals surface area (Å²) in [5.74, 6) is 0.553. The van der Waals surface area contributed by atoms with E-state index in [4.69, 9.17) is 16.6 Å². The zero-order valence-electron chi connectivity index (χ0n) is 12.0. The maximum atomic E-state index is 9.53. The molecule has 1 N–H and O–H groups in total. The zero-order chi connectivity index (χ0) is 14.8. The lowest BCUT2D eigenvalue weighted by Gasteiger charge is -2.28. The standard InChI is InChI=1S/C15H19N3O2S/c1-11-2-4-12(5-3-11)14-16-18(15(21)20-14)10-17-8-6-13(19)7-9-17/h2-5,13,19H,6-10H2,1H3. The minimum Gasteiger partial charge on any atom is -0.409 e. The van der Waals surface area contributed by atoms with E-state index in [2.05, 4.69) is 10.00 Å². The predicted octanol–water partition coefficient (Wildman–Crippen LogP) is 2.60. The van der Waals surface area contributed by atoms with E-state index in [9.17, 15) is 5.11 Å². The minimum absolute atomic E-state index is 0.172. The molecule has 1 fully saturated rings. The third-order valence-electron chi connectivity index (χ3n) is 3.80. The highest BCUT2D eigenvalue weighted by Gasteiger charge is 2.18. The normalized spacial score (nSPS) is 17.2. The van der Waals surface area contributed by atoms with Crippen LogP contribution in [0.3, 0.4) is 0 Å². The lowest BCUT2D eigenvalue weighted by molar-refractivity contribution is 0.0647. The fourth-order valence-corrected chi connectivity index (χ4v) is 2.64. The molecule has 0 saturated carbocycles. The lowest BCUT2D eigenvalue weighted by Crippen LogP contribution is -2.37. The molecule has 2 heterocycles. The SMILES string of the molecule is Cc1ccc(-c2nn(CN3CCC(O)CC3)c(=S)o2)cc1. The molecule has 112 valence electrons. The molecule has 0 aliphatic carbocycles. The Morgan fingerprint density at radius 2 is 1.95 bits per heavy atom. The number of aliphatic hydroxyl groups excluding tert-OH is 1. The van der Waals surface area contributed by atoms with Gasteiger partial charge in [0.05, 0.1) is 12.8 Å². The quantitative estimate of drug-likeness (QED) is 0.883. The summed E-state index contributed by atoms with van der Waals surface area (Å²) in [6.07, 6.45) is 1.43. The third kappa shape index (κ3) is 3.40.